The summed E-state index contributed by atoms with van der Waals surface area (Å²) in [6.45, 7) is 3.54. The van der Waals surface area contributed by atoms with Gasteiger partial charge < -0.3 is 5.32 Å². The van der Waals surface area contributed by atoms with Crippen molar-refractivity contribution in [2.45, 2.75) is 19.8 Å². The van der Waals surface area contributed by atoms with Crippen molar-refractivity contribution in [3.05, 3.63) is 59.7 Å². The first kappa shape index (κ1) is 19.8. The van der Waals surface area contributed by atoms with Crippen LogP contribution >= 0.6 is 0 Å². The fourth-order valence-corrected chi connectivity index (χ4v) is 3.19. The Kier molecular flexibility index (Phi) is 5.97. The lowest BCUT2D eigenvalue weighted by molar-refractivity contribution is -0.114. The van der Waals surface area contributed by atoms with E-state index in [-0.39, 0.29) is 11.6 Å². The first-order valence-electron chi connectivity index (χ1n) is 7.90. The van der Waals surface area contributed by atoms with Gasteiger partial charge in [0.2, 0.25) is 15.9 Å². The van der Waals surface area contributed by atoms with Crippen molar-refractivity contribution < 1.29 is 22.0 Å². The van der Waals surface area contributed by atoms with E-state index >= 15 is 0 Å². The van der Waals surface area contributed by atoms with E-state index in [0.29, 0.717) is 5.69 Å². The molecule has 0 aliphatic carbocycles. The van der Waals surface area contributed by atoms with Crippen LogP contribution in [0.15, 0.2) is 42.5 Å². The lowest BCUT2D eigenvalue weighted by Gasteiger charge is -2.22. The molecule has 0 saturated heterocycles. The highest BCUT2D eigenvalue weighted by molar-refractivity contribution is 7.92. The van der Waals surface area contributed by atoms with Crippen molar-refractivity contribution in [1.82, 2.24) is 0 Å². The van der Waals surface area contributed by atoms with Gasteiger partial charge in [-0.2, -0.15) is 0 Å². The molecule has 0 bridgehead atoms. The number of amides is 1. The molecule has 5 nitrogen and oxygen atoms in total. The first-order valence-corrected chi connectivity index (χ1v) is 9.75. The van der Waals surface area contributed by atoms with Crippen LogP contribution in [-0.2, 0) is 14.8 Å². The number of carbonyl (C=O) groups is 1. The second kappa shape index (κ2) is 7.82. The molecule has 1 amide bonds. The molecule has 2 aromatic carbocycles. The number of hydrogen-bond acceptors (Lipinski definition) is 3. The highest BCUT2D eigenvalue weighted by Gasteiger charge is 2.21. The molecule has 2 aromatic rings. The maximum Gasteiger partial charge on any atom is 0.245 e. The zero-order valence-corrected chi connectivity index (χ0v) is 15.5. The molecule has 0 heterocycles. The molecular formula is C18H20F2N2O3S. The van der Waals surface area contributed by atoms with Gasteiger partial charge in [0.05, 0.1) is 11.9 Å². The van der Waals surface area contributed by atoms with Crippen molar-refractivity contribution in [3.63, 3.8) is 0 Å². The van der Waals surface area contributed by atoms with Crippen LogP contribution in [0.3, 0.4) is 0 Å². The minimum absolute atomic E-state index is 0.0394. The van der Waals surface area contributed by atoms with E-state index in [1.807, 2.05) is 13.8 Å². The monoisotopic (exact) mass is 382 g/mol. The number of carbonyl (C=O) groups excluding carboxylic acids is 1. The van der Waals surface area contributed by atoms with Gasteiger partial charge in [-0.25, -0.2) is 17.2 Å². The minimum atomic E-state index is -3.71. The molecule has 0 unspecified atom stereocenters. The van der Waals surface area contributed by atoms with E-state index in [9.17, 15) is 22.0 Å². The van der Waals surface area contributed by atoms with Gasteiger partial charge in [-0.1, -0.05) is 26.0 Å². The summed E-state index contributed by atoms with van der Waals surface area (Å²) >= 11 is 0. The Labute approximate surface area is 151 Å². The van der Waals surface area contributed by atoms with Crippen molar-refractivity contribution in [2.75, 3.05) is 22.4 Å². The summed E-state index contributed by atoms with van der Waals surface area (Å²) in [5, 5.41) is 2.36. The molecule has 0 spiro atoms. The number of halogens is 2. The van der Waals surface area contributed by atoms with E-state index in [0.717, 1.165) is 28.3 Å². The lowest BCUT2D eigenvalue weighted by Crippen LogP contribution is -2.37. The Balaban J connectivity index is 2.19. The van der Waals surface area contributed by atoms with Gasteiger partial charge in [0.25, 0.3) is 0 Å². The third-order valence-corrected chi connectivity index (χ3v) is 4.88. The van der Waals surface area contributed by atoms with Crippen molar-refractivity contribution in [1.29, 1.82) is 0 Å². The van der Waals surface area contributed by atoms with Gasteiger partial charge in [-0.15, -0.1) is 0 Å². The summed E-state index contributed by atoms with van der Waals surface area (Å²) in [6.07, 6.45) is 0.994. The second-order valence-electron chi connectivity index (χ2n) is 6.19. The largest absolute Gasteiger partial charge is 0.324 e. The number of hydrogen-bond donors (Lipinski definition) is 1. The van der Waals surface area contributed by atoms with Gasteiger partial charge in [-0.05, 0) is 35.7 Å². The second-order valence-corrected chi connectivity index (χ2v) is 8.10. The highest BCUT2D eigenvalue weighted by atomic mass is 32.2. The van der Waals surface area contributed by atoms with Gasteiger partial charge in [0.15, 0.2) is 11.6 Å². The van der Waals surface area contributed by atoms with Crippen LogP contribution in [0, 0.1) is 11.6 Å². The molecule has 0 saturated carbocycles. The van der Waals surface area contributed by atoms with E-state index in [4.69, 9.17) is 0 Å². The van der Waals surface area contributed by atoms with Crippen LogP contribution in [0.2, 0.25) is 0 Å². The van der Waals surface area contributed by atoms with Crippen LogP contribution < -0.4 is 9.62 Å². The molecule has 0 radical (unpaired) electrons. The molecule has 0 atom stereocenters. The van der Waals surface area contributed by atoms with Crippen LogP contribution in [0.25, 0.3) is 0 Å². The predicted molar refractivity (Wildman–Crippen MR) is 97.7 cm³/mol. The zero-order chi connectivity index (χ0) is 19.5. The van der Waals surface area contributed by atoms with Gasteiger partial charge in [-0.3, -0.25) is 9.10 Å². The molecule has 0 aromatic heterocycles. The molecule has 0 aliphatic rings. The quantitative estimate of drug-likeness (QED) is 0.832. The minimum Gasteiger partial charge on any atom is -0.324 e. The first-order chi connectivity index (χ1) is 12.1. The lowest BCUT2D eigenvalue weighted by atomic mass is 10.0. The summed E-state index contributed by atoms with van der Waals surface area (Å²) in [6, 6.07) is 9.75. The summed E-state index contributed by atoms with van der Waals surface area (Å²) in [4.78, 5) is 12.2. The van der Waals surface area contributed by atoms with E-state index in [1.54, 1.807) is 24.3 Å². The number of nitrogens with zero attached hydrogens (tertiary/aromatic N) is 1. The van der Waals surface area contributed by atoms with Crippen LogP contribution in [0.1, 0.15) is 25.3 Å². The summed E-state index contributed by atoms with van der Waals surface area (Å²) in [7, 11) is -3.71. The number of nitrogens with one attached hydrogen (secondary N) is 1. The smallest absolute Gasteiger partial charge is 0.245 e. The zero-order valence-electron chi connectivity index (χ0n) is 14.7. The third-order valence-electron chi connectivity index (χ3n) is 3.74. The molecular weight excluding hydrogens is 362 g/mol. The van der Waals surface area contributed by atoms with E-state index < -0.39 is 34.1 Å². The fourth-order valence-electron chi connectivity index (χ4n) is 2.33. The Morgan fingerprint density at radius 2 is 1.69 bits per heavy atom. The molecule has 2 rings (SSSR count). The fraction of sp³-hybridized carbons (Fsp3) is 0.278. The van der Waals surface area contributed by atoms with E-state index in [1.165, 1.54) is 6.07 Å². The summed E-state index contributed by atoms with van der Waals surface area (Å²) in [5.41, 5.74) is 1.42. The normalized spacial score (nSPS) is 11.5. The van der Waals surface area contributed by atoms with Crippen molar-refractivity contribution in [2.24, 2.45) is 0 Å². The summed E-state index contributed by atoms with van der Waals surface area (Å²) < 4.78 is 51.3. The molecule has 26 heavy (non-hydrogen) atoms. The van der Waals surface area contributed by atoms with Crippen LogP contribution in [0.5, 0.6) is 0 Å². The predicted octanol–water partition coefficient (Wildman–Crippen LogP) is 3.49. The average Bonchev–Trinajstić information content (AvgIpc) is 2.55. The molecule has 140 valence electrons. The Hall–Kier alpha value is -2.48. The Morgan fingerprint density at radius 3 is 2.19 bits per heavy atom. The third kappa shape index (κ3) is 5.01. The van der Waals surface area contributed by atoms with Gasteiger partial charge >= 0.3 is 0 Å². The molecule has 1 N–H and O–H groups in total. The summed E-state index contributed by atoms with van der Waals surface area (Å²) in [5.74, 6) is -2.53. The highest BCUT2D eigenvalue weighted by Crippen LogP contribution is 2.22. The molecule has 0 fully saturated rings. The van der Waals surface area contributed by atoms with Crippen molar-refractivity contribution in [3.8, 4) is 0 Å². The molecule has 0 aliphatic heterocycles. The molecule has 8 heteroatoms. The van der Waals surface area contributed by atoms with E-state index in [2.05, 4.69) is 5.32 Å². The number of sulfonamides is 1. The maximum absolute atomic E-state index is 13.2. The number of benzene rings is 2. The number of rotatable bonds is 6. The topological polar surface area (TPSA) is 66.5 Å². The maximum atomic E-state index is 13.2. The van der Waals surface area contributed by atoms with Crippen LogP contribution in [0.4, 0.5) is 20.2 Å². The Bertz CT molecular complexity index is 897. The van der Waals surface area contributed by atoms with Crippen molar-refractivity contribution >= 4 is 27.3 Å². The Morgan fingerprint density at radius 1 is 1.08 bits per heavy atom. The van der Waals surface area contributed by atoms with Gasteiger partial charge in [0, 0.05) is 11.8 Å². The number of anilines is 2. The van der Waals surface area contributed by atoms with Gasteiger partial charge in [0.1, 0.15) is 6.54 Å². The SMILES string of the molecule is CC(C)c1ccc(N(CC(=O)Nc2ccc(F)c(F)c2)S(C)(=O)=O)cc1. The average molecular weight is 382 g/mol. The standard InChI is InChI=1S/C18H20F2N2O3S/c1-12(2)13-4-7-15(8-5-13)22(26(3,24)25)11-18(23)21-14-6-9-16(19)17(20)10-14/h4-10,12H,11H2,1-3H3,(H,21,23). The van der Waals surface area contributed by atoms with Crippen LogP contribution in [-0.4, -0.2) is 27.1 Å².